The molecule has 2 heterocycles. The number of nitrogens with zero attached hydrogens (tertiary/aromatic N) is 2. The summed E-state index contributed by atoms with van der Waals surface area (Å²) in [6.07, 6.45) is 6.09. The maximum atomic E-state index is 10.5. The Hall–Kier alpha value is -2.25. The molecule has 1 aliphatic heterocycles. The Kier molecular flexibility index (Phi) is 5.45. The molecule has 0 saturated carbocycles. The molecule has 2 N–H and O–H groups in total. The Labute approximate surface area is 154 Å². The second-order valence-corrected chi connectivity index (χ2v) is 7.46. The largest absolute Gasteiger partial charge is 0.493 e. The first kappa shape index (κ1) is 17.6. The Morgan fingerprint density at radius 2 is 2.08 bits per heavy atom. The monoisotopic (exact) mass is 374 g/mol. The summed E-state index contributed by atoms with van der Waals surface area (Å²) in [6, 6.07) is 7.87. The Morgan fingerprint density at radius 3 is 2.88 bits per heavy atom. The van der Waals surface area contributed by atoms with E-state index >= 15 is 0 Å². The molecule has 5 nitrogen and oxygen atoms in total. The van der Waals surface area contributed by atoms with Gasteiger partial charge < -0.3 is 10.2 Å². The number of rotatable bonds is 7. The lowest BCUT2D eigenvalue weighted by molar-refractivity contribution is -0.137. The summed E-state index contributed by atoms with van der Waals surface area (Å²) in [5.41, 5.74) is 2.92. The molecule has 3 rings (SSSR count). The topological polar surface area (TPSA) is 74.8 Å². The predicted molar refractivity (Wildman–Crippen MR) is 103 cm³/mol. The van der Waals surface area contributed by atoms with E-state index in [1.165, 1.54) is 11.3 Å². The van der Waals surface area contributed by atoms with Crippen LogP contribution in [0, 0.1) is 3.95 Å². The number of allylic oxidation sites excluding steroid dienone is 1. The molecule has 2 aromatic rings. The van der Waals surface area contributed by atoms with Crippen molar-refractivity contribution >= 4 is 53.1 Å². The van der Waals surface area contributed by atoms with E-state index < -0.39 is 5.97 Å². The number of aliphatic imine (C=N–C) groups is 1. The van der Waals surface area contributed by atoms with Gasteiger partial charge in [-0.05, 0) is 37.2 Å². The van der Waals surface area contributed by atoms with Gasteiger partial charge in [0.1, 0.15) is 0 Å². The molecule has 0 radical (unpaired) electrons. The summed E-state index contributed by atoms with van der Waals surface area (Å²) in [7, 11) is 0. The smallest absolute Gasteiger partial charge is 0.303 e. The number of fused-ring (bicyclic) bond motifs is 1. The van der Waals surface area contributed by atoms with Crippen molar-refractivity contribution in [3.8, 4) is 5.88 Å². The maximum absolute atomic E-state index is 10.5. The van der Waals surface area contributed by atoms with Gasteiger partial charge in [0, 0.05) is 30.3 Å². The number of carboxylic acid groups (broad SMARTS) is 1. The van der Waals surface area contributed by atoms with Gasteiger partial charge in [0.2, 0.25) is 5.88 Å². The lowest BCUT2D eigenvalue weighted by Gasteiger charge is -2.04. The molecule has 0 atom stereocenters. The second kappa shape index (κ2) is 7.76. The van der Waals surface area contributed by atoms with E-state index in [0.717, 1.165) is 29.7 Å². The minimum Gasteiger partial charge on any atom is -0.493 e. The fourth-order valence-electron chi connectivity index (χ4n) is 2.72. The molecule has 0 aliphatic carbocycles. The minimum atomic E-state index is -0.776. The van der Waals surface area contributed by atoms with Crippen LogP contribution in [0.1, 0.15) is 36.1 Å². The van der Waals surface area contributed by atoms with E-state index in [9.17, 15) is 9.90 Å². The van der Waals surface area contributed by atoms with Crippen LogP contribution in [0.3, 0.4) is 0 Å². The van der Waals surface area contributed by atoms with Gasteiger partial charge in [-0.15, -0.1) is 11.3 Å². The van der Waals surface area contributed by atoms with Crippen molar-refractivity contribution < 1.29 is 15.0 Å². The molecule has 1 aliphatic rings. The molecular weight excluding hydrogens is 356 g/mol. The summed E-state index contributed by atoms with van der Waals surface area (Å²) in [5, 5.41) is 19.1. The Balaban J connectivity index is 1.73. The van der Waals surface area contributed by atoms with Crippen molar-refractivity contribution in [3.63, 3.8) is 0 Å². The first-order valence-electron chi connectivity index (χ1n) is 8.06. The molecule has 0 amide bonds. The molecule has 0 spiro atoms. The van der Waals surface area contributed by atoms with Gasteiger partial charge in [0.15, 0.2) is 3.95 Å². The fourth-order valence-corrected chi connectivity index (χ4v) is 4.03. The standard InChI is InChI=1S/C18H18N2O3S2/c21-16(22)8-2-1-5-9-20-17(23)15(25-18(20)24)10-12-11-19-14-7-4-3-6-13(12)14/h3-4,6-7,10-11,23H,1-2,5,8-9H2,(H,21,22)/b12-10+. The number of thiazole rings is 1. The Morgan fingerprint density at radius 1 is 1.28 bits per heavy atom. The third kappa shape index (κ3) is 4.05. The average molecular weight is 374 g/mol. The normalized spacial score (nSPS) is 14.2. The number of hydrogen-bond donors (Lipinski definition) is 2. The van der Waals surface area contributed by atoms with Crippen molar-refractivity contribution in [1.82, 2.24) is 4.57 Å². The number of para-hydroxylation sites is 1. The van der Waals surface area contributed by atoms with E-state index in [4.69, 9.17) is 17.3 Å². The molecule has 7 heteroatoms. The molecule has 1 aromatic heterocycles. The highest BCUT2D eigenvalue weighted by atomic mass is 32.1. The van der Waals surface area contributed by atoms with E-state index in [1.54, 1.807) is 10.8 Å². The molecule has 0 bridgehead atoms. The highest BCUT2D eigenvalue weighted by Gasteiger charge is 2.15. The van der Waals surface area contributed by atoms with Crippen LogP contribution in [0.5, 0.6) is 5.88 Å². The highest BCUT2D eigenvalue weighted by molar-refractivity contribution is 7.73. The molecule has 0 saturated heterocycles. The lowest BCUT2D eigenvalue weighted by atomic mass is 10.1. The van der Waals surface area contributed by atoms with Crippen LogP contribution in [0.4, 0.5) is 5.69 Å². The summed E-state index contributed by atoms with van der Waals surface area (Å²) in [6.45, 7) is 0.592. The maximum Gasteiger partial charge on any atom is 0.303 e. The van der Waals surface area contributed by atoms with Crippen LogP contribution < -0.4 is 0 Å². The van der Waals surface area contributed by atoms with Crippen LogP contribution in [0.15, 0.2) is 29.3 Å². The van der Waals surface area contributed by atoms with Crippen molar-refractivity contribution in [2.75, 3.05) is 0 Å². The number of unbranched alkanes of at least 4 members (excludes halogenated alkanes) is 2. The number of aromatic nitrogens is 1. The molecule has 25 heavy (non-hydrogen) atoms. The number of hydrogen-bond acceptors (Lipinski definition) is 5. The minimum absolute atomic E-state index is 0.165. The van der Waals surface area contributed by atoms with E-state index in [1.807, 2.05) is 30.3 Å². The molecule has 130 valence electrons. The quantitative estimate of drug-likeness (QED) is 0.535. The van der Waals surface area contributed by atoms with Crippen LogP contribution >= 0.6 is 23.6 Å². The summed E-state index contributed by atoms with van der Waals surface area (Å²) in [5.74, 6) is -0.610. The van der Waals surface area contributed by atoms with Gasteiger partial charge in [-0.3, -0.25) is 14.4 Å². The van der Waals surface area contributed by atoms with Crippen LogP contribution in [0.2, 0.25) is 0 Å². The van der Waals surface area contributed by atoms with Gasteiger partial charge in [0.25, 0.3) is 0 Å². The van der Waals surface area contributed by atoms with Gasteiger partial charge in [-0.25, -0.2) is 0 Å². The SMILES string of the molecule is O=C(O)CCCCCn1c(O)c(/C=C2\C=Nc3ccccc32)sc1=S. The van der Waals surface area contributed by atoms with Crippen molar-refractivity contribution in [2.24, 2.45) is 4.99 Å². The number of benzene rings is 1. The van der Waals surface area contributed by atoms with Gasteiger partial charge >= 0.3 is 5.97 Å². The van der Waals surface area contributed by atoms with Gasteiger partial charge in [-0.1, -0.05) is 24.6 Å². The molecular formula is C18H18N2O3S2. The van der Waals surface area contributed by atoms with Crippen molar-refractivity contribution in [2.45, 2.75) is 32.2 Å². The zero-order valence-corrected chi connectivity index (χ0v) is 15.1. The Bertz CT molecular complexity index is 909. The second-order valence-electron chi connectivity index (χ2n) is 5.79. The average Bonchev–Trinajstić information content (AvgIpc) is 3.10. The summed E-state index contributed by atoms with van der Waals surface area (Å²) < 4.78 is 2.33. The van der Waals surface area contributed by atoms with Crippen LogP contribution in [0.25, 0.3) is 11.6 Å². The first-order valence-corrected chi connectivity index (χ1v) is 9.28. The third-order valence-electron chi connectivity index (χ3n) is 4.01. The predicted octanol–water partition coefficient (Wildman–Crippen LogP) is 4.89. The van der Waals surface area contributed by atoms with Crippen molar-refractivity contribution in [1.29, 1.82) is 0 Å². The highest BCUT2D eigenvalue weighted by Crippen LogP contribution is 2.35. The van der Waals surface area contributed by atoms with Crippen molar-refractivity contribution in [3.05, 3.63) is 38.7 Å². The number of carboxylic acids is 1. The first-order chi connectivity index (χ1) is 12.1. The zero-order valence-electron chi connectivity index (χ0n) is 13.5. The zero-order chi connectivity index (χ0) is 17.8. The van der Waals surface area contributed by atoms with E-state index in [2.05, 4.69) is 4.99 Å². The molecule has 0 unspecified atom stereocenters. The van der Waals surface area contributed by atoms with Gasteiger partial charge in [-0.2, -0.15) is 0 Å². The fraction of sp³-hybridized carbons (Fsp3) is 0.278. The number of aromatic hydroxyl groups is 1. The molecule has 1 aromatic carbocycles. The van der Waals surface area contributed by atoms with E-state index in [-0.39, 0.29) is 12.3 Å². The number of carbonyl (C=O) groups is 1. The van der Waals surface area contributed by atoms with Gasteiger partial charge in [0.05, 0.1) is 10.6 Å². The molecule has 0 fully saturated rings. The third-order valence-corrected chi connectivity index (χ3v) is 5.40. The number of aliphatic carboxylic acids is 1. The summed E-state index contributed by atoms with van der Waals surface area (Å²) in [4.78, 5) is 15.6. The van der Waals surface area contributed by atoms with E-state index in [0.29, 0.717) is 21.8 Å². The van der Waals surface area contributed by atoms with Crippen LogP contribution in [-0.2, 0) is 11.3 Å². The lowest BCUT2D eigenvalue weighted by Crippen LogP contribution is -1.99. The summed E-state index contributed by atoms with van der Waals surface area (Å²) >= 11 is 6.73. The van der Waals surface area contributed by atoms with Crippen LogP contribution in [-0.4, -0.2) is 27.0 Å².